The van der Waals surface area contributed by atoms with Crippen LogP contribution in [0.1, 0.15) is 25.5 Å². The molecule has 0 saturated carbocycles. The van der Waals surface area contributed by atoms with Crippen LogP contribution in [0.3, 0.4) is 0 Å². The normalized spacial score (nSPS) is 13.2. The number of benzene rings is 1. The monoisotopic (exact) mass is 270 g/mol. The van der Waals surface area contributed by atoms with Crippen molar-refractivity contribution in [2.75, 3.05) is 13.7 Å². The Morgan fingerprint density at radius 3 is 2.72 bits per heavy atom. The van der Waals surface area contributed by atoms with E-state index in [9.17, 15) is 4.79 Å². The molecule has 0 spiro atoms. The summed E-state index contributed by atoms with van der Waals surface area (Å²) in [6.45, 7) is 3.67. The lowest BCUT2D eigenvalue weighted by Crippen LogP contribution is -2.50. The molecule has 4 nitrogen and oxygen atoms in total. The number of hydrogen-bond donors (Lipinski definition) is 2. The summed E-state index contributed by atoms with van der Waals surface area (Å²) in [5, 5.41) is 3.40. The number of nitrogens with two attached hydrogens (primary N) is 1. The summed E-state index contributed by atoms with van der Waals surface area (Å²) >= 11 is 5.92. The minimum atomic E-state index is -0.896. The van der Waals surface area contributed by atoms with E-state index in [1.54, 1.807) is 27.0 Å². The van der Waals surface area contributed by atoms with Crippen LogP contribution in [0.25, 0.3) is 0 Å². The molecule has 0 bridgehead atoms. The first-order chi connectivity index (χ1) is 8.34. The van der Waals surface area contributed by atoms with Crippen molar-refractivity contribution in [1.29, 1.82) is 0 Å². The highest BCUT2D eigenvalue weighted by Gasteiger charge is 2.22. The molecule has 1 unspecified atom stereocenters. The van der Waals surface area contributed by atoms with Gasteiger partial charge in [0.2, 0.25) is 5.91 Å². The van der Waals surface area contributed by atoms with Gasteiger partial charge in [0.25, 0.3) is 0 Å². The predicted molar refractivity (Wildman–Crippen MR) is 72.5 cm³/mol. The highest BCUT2D eigenvalue weighted by molar-refractivity contribution is 6.30. The van der Waals surface area contributed by atoms with Gasteiger partial charge in [-0.25, -0.2) is 0 Å². The van der Waals surface area contributed by atoms with Crippen molar-refractivity contribution >= 4 is 17.5 Å². The lowest BCUT2D eigenvalue weighted by molar-refractivity contribution is -0.125. The average Bonchev–Trinajstić information content (AvgIpc) is 2.28. The standard InChI is InChI=1S/C13H19ClN2O2/c1-13(2,15)12(17)16-8-11(18-3)9-5-4-6-10(14)7-9/h4-7,11H,8,15H2,1-3H3,(H,16,17). The maximum atomic E-state index is 11.7. The summed E-state index contributed by atoms with van der Waals surface area (Å²) in [5.74, 6) is -0.216. The average molecular weight is 271 g/mol. The van der Waals surface area contributed by atoms with Crippen LogP contribution in [0.2, 0.25) is 5.02 Å². The molecule has 100 valence electrons. The van der Waals surface area contributed by atoms with E-state index in [0.717, 1.165) is 5.56 Å². The van der Waals surface area contributed by atoms with Gasteiger partial charge in [0.05, 0.1) is 11.6 Å². The molecule has 1 atom stereocenters. The SMILES string of the molecule is COC(CNC(=O)C(C)(C)N)c1cccc(Cl)c1. The lowest BCUT2D eigenvalue weighted by Gasteiger charge is -2.21. The number of carbonyl (C=O) groups is 1. The lowest BCUT2D eigenvalue weighted by atomic mass is 10.1. The second-order valence-corrected chi connectivity index (χ2v) is 5.15. The van der Waals surface area contributed by atoms with Gasteiger partial charge >= 0.3 is 0 Å². The summed E-state index contributed by atoms with van der Waals surface area (Å²) in [5.41, 5.74) is 5.72. The highest BCUT2D eigenvalue weighted by Crippen LogP contribution is 2.19. The zero-order valence-corrected chi connectivity index (χ0v) is 11.6. The Kier molecular flexibility index (Phi) is 5.14. The van der Waals surface area contributed by atoms with Crippen LogP contribution in [0.4, 0.5) is 0 Å². The first kappa shape index (κ1) is 15.0. The summed E-state index contributed by atoms with van der Waals surface area (Å²) in [6.07, 6.45) is -0.241. The molecule has 0 saturated heterocycles. The minimum Gasteiger partial charge on any atom is -0.375 e. The van der Waals surface area contributed by atoms with Crippen LogP contribution in [-0.4, -0.2) is 25.1 Å². The second kappa shape index (κ2) is 6.18. The second-order valence-electron chi connectivity index (χ2n) is 4.71. The van der Waals surface area contributed by atoms with Crippen molar-refractivity contribution in [2.45, 2.75) is 25.5 Å². The Morgan fingerprint density at radius 2 is 2.22 bits per heavy atom. The molecule has 0 aliphatic rings. The quantitative estimate of drug-likeness (QED) is 0.859. The van der Waals surface area contributed by atoms with Crippen LogP contribution in [0, 0.1) is 0 Å². The van der Waals surface area contributed by atoms with Gasteiger partial charge in [-0.2, -0.15) is 0 Å². The largest absolute Gasteiger partial charge is 0.375 e. The Balaban J connectivity index is 2.66. The minimum absolute atomic E-state index is 0.216. The van der Waals surface area contributed by atoms with Crippen LogP contribution in [0.15, 0.2) is 24.3 Å². The molecule has 1 aromatic rings. The van der Waals surface area contributed by atoms with E-state index in [1.807, 2.05) is 18.2 Å². The number of nitrogens with one attached hydrogen (secondary N) is 1. The number of ether oxygens (including phenoxy) is 1. The van der Waals surface area contributed by atoms with Gasteiger partial charge in [-0.15, -0.1) is 0 Å². The Morgan fingerprint density at radius 1 is 1.56 bits per heavy atom. The fourth-order valence-electron chi connectivity index (χ4n) is 1.46. The van der Waals surface area contributed by atoms with Crippen molar-refractivity contribution in [2.24, 2.45) is 5.73 Å². The molecule has 5 heteroatoms. The van der Waals surface area contributed by atoms with Gasteiger partial charge in [-0.1, -0.05) is 23.7 Å². The molecule has 1 aromatic carbocycles. The molecule has 0 fully saturated rings. The van der Waals surface area contributed by atoms with Crippen LogP contribution in [-0.2, 0) is 9.53 Å². The Bertz CT molecular complexity index is 416. The van der Waals surface area contributed by atoms with Crippen molar-refractivity contribution in [3.63, 3.8) is 0 Å². The molecular formula is C13H19ClN2O2. The maximum absolute atomic E-state index is 11.7. The van der Waals surface area contributed by atoms with Gasteiger partial charge in [-0.05, 0) is 31.5 Å². The molecule has 1 amide bonds. The number of amides is 1. The first-order valence-electron chi connectivity index (χ1n) is 5.70. The van der Waals surface area contributed by atoms with Crippen LogP contribution < -0.4 is 11.1 Å². The topological polar surface area (TPSA) is 64.3 Å². The summed E-state index contributed by atoms with van der Waals surface area (Å²) < 4.78 is 5.34. The predicted octanol–water partition coefficient (Wildman–Crippen LogP) is 1.88. The number of hydrogen-bond acceptors (Lipinski definition) is 3. The fourth-order valence-corrected chi connectivity index (χ4v) is 1.66. The molecule has 0 heterocycles. The van der Waals surface area contributed by atoms with E-state index in [4.69, 9.17) is 22.1 Å². The van der Waals surface area contributed by atoms with Gasteiger partial charge in [0.1, 0.15) is 0 Å². The molecule has 1 rings (SSSR count). The van der Waals surface area contributed by atoms with Gasteiger partial charge in [0.15, 0.2) is 0 Å². The van der Waals surface area contributed by atoms with E-state index in [1.165, 1.54) is 0 Å². The van der Waals surface area contributed by atoms with Gasteiger partial charge in [0, 0.05) is 18.7 Å². The Labute approximate surface area is 112 Å². The number of carbonyl (C=O) groups excluding carboxylic acids is 1. The molecular weight excluding hydrogens is 252 g/mol. The van der Waals surface area contributed by atoms with Gasteiger partial charge in [-0.3, -0.25) is 4.79 Å². The highest BCUT2D eigenvalue weighted by atomic mass is 35.5. The summed E-state index contributed by atoms with van der Waals surface area (Å²) in [6, 6.07) is 7.35. The van der Waals surface area contributed by atoms with Crippen molar-refractivity contribution in [3.8, 4) is 0 Å². The van der Waals surface area contributed by atoms with Crippen molar-refractivity contribution < 1.29 is 9.53 Å². The van der Waals surface area contributed by atoms with E-state index in [2.05, 4.69) is 5.32 Å². The Hall–Kier alpha value is -1.10. The first-order valence-corrected chi connectivity index (χ1v) is 6.08. The maximum Gasteiger partial charge on any atom is 0.239 e. The summed E-state index contributed by atoms with van der Waals surface area (Å²) in [4.78, 5) is 11.7. The third-order valence-corrected chi connectivity index (χ3v) is 2.77. The molecule has 18 heavy (non-hydrogen) atoms. The third-order valence-electron chi connectivity index (χ3n) is 2.54. The zero-order valence-electron chi connectivity index (χ0n) is 10.9. The van der Waals surface area contributed by atoms with Crippen LogP contribution >= 0.6 is 11.6 Å². The van der Waals surface area contributed by atoms with Crippen LogP contribution in [0.5, 0.6) is 0 Å². The zero-order chi connectivity index (χ0) is 13.8. The number of methoxy groups -OCH3 is 1. The number of halogens is 1. The van der Waals surface area contributed by atoms with Crippen molar-refractivity contribution in [1.82, 2.24) is 5.32 Å². The smallest absolute Gasteiger partial charge is 0.239 e. The molecule has 0 aliphatic carbocycles. The summed E-state index contributed by atoms with van der Waals surface area (Å²) in [7, 11) is 1.59. The van der Waals surface area contributed by atoms with E-state index in [0.29, 0.717) is 11.6 Å². The van der Waals surface area contributed by atoms with Crippen molar-refractivity contribution in [3.05, 3.63) is 34.9 Å². The third kappa shape index (κ3) is 4.29. The van der Waals surface area contributed by atoms with E-state index < -0.39 is 5.54 Å². The molecule has 0 aliphatic heterocycles. The molecule has 3 N–H and O–H groups in total. The van der Waals surface area contributed by atoms with E-state index >= 15 is 0 Å². The molecule has 0 radical (unpaired) electrons. The van der Waals surface area contributed by atoms with E-state index in [-0.39, 0.29) is 12.0 Å². The molecule has 0 aromatic heterocycles. The fraction of sp³-hybridized carbons (Fsp3) is 0.462. The van der Waals surface area contributed by atoms with Gasteiger partial charge < -0.3 is 15.8 Å². The number of rotatable bonds is 5.